The fraction of sp³-hybridized carbons (Fsp3) is 0. The lowest BCUT2D eigenvalue weighted by Gasteiger charge is -2.13. The molecule has 2 aromatic carbocycles. The standard InChI is InChI=1S/C17H13BrF2N6O/c18-10-3-1-9(2-4-10)17(27)26-25-16-14(21)15(22-8-23-16)24-13-7-11(19)5-6-12(13)20/h1-8H,21H2,(H,26,27)(H2,22,23,24,25). The number of hydrazine groups is 1. The summed E-state index contributed by atoms with van der Waals surface area (Å²) in [5.74, 6) is -1.56. The molecule has 0 bridgehead atoms. The lowest BCUT2D eigenvalue weighted by atomic mass is 10.2. The third-order valence-corrected chi connectivity index (χ3v) is 3.99. The zero-order valence-corrected chi connectivity index (χ0v) is 15.2. The Morgan fingerprint density at radius 3 is 2.48 bits per heavy atom. The van der Waals surface area contributed by atoms with Gasteiger partial charge in [-0.2, -0.15) is 0 Å². The van der Waals surface area contributed by atoms with E-state index in [1.54, 1.807) is 24.3 Å². The van der Waals surface area contributed by atoms with E-state index >= 15 is 0 Å². The van der Waals surface area contributed by atoms with Crippen molar-refractivity contribution in [2.45, 2.75) is 0 Å². The van der Waals surface area contributed by atoms with Crippen molar-refractivity contribution in [3.63, 3.8) is 0 Å². The number of anilines is 4. The summed E-state index contributed by atoms with van der Waals surface area (Å²) in [5.41, 5.74) is 11.3. The molecule has 0 spiro atoms. The van der Waals surface area contributed by atoms with Crippen LogP contribution < -0.4 is 21.9 Å². The van der Waals surface area contributed by atoms with Crippen LogP contribution in [0.2, 0.25) is 0 Å². The van der Waals surface area contributed by atoms with Crippen LogP contribution in [-0.4, -0.2) is 15.9 Å². The molecule has 0 aliphatic heterocycles. The van der Waals surface area contributed by atoms with Gasteiger partial charge in [-0.3, -0.25) is 15.6 Å². The molecule has 0 saturated heterocycles. The van der Waals surface area contributed by atoms with Gasteiger partial charge in [0.2, 0.25) is 0 Å². The average molecular weight is 435 g/mol. The maximum absolute atomic E-state index is 13.8. The number of rotatable bonds is 5. The van der Waals surface area contributed by atoms with Crippen LogP contribution in [0.1, 0.15) is 10.4 Å². The predicted molar refractivity (Wildman–Crippen MR) is 101 cm³/mol. The second kappa shape index (κ2) is 7.96. The number of benzene rings is 2. The van der Waals surface area contributed by atoms with Crippen LogP contribution >= 0.6 is 15.9 Å². The van der Waals surface area contributed by atoms with Crippen LogP contribution in [-0.2, 0) is 0 Å². The highest BCUT2D eigenvalue weighted by Gasteiger charge is 2.12. The summed E-state index contributed by atoms with van der Waals surface area (Å²) in [4.78, 5) is 19.9. The molecule has 7 nitrogen and oxygen atoms in total. The number of nitrogens with one attached hydrogen (secondary N) is 3. The topological polar surface area (TPSA) is 105 Å². The van der Waals surface area contributed by atoms with E-state index in [0.717, 1.165) is 29.0 Å². The minimum Gasteiger partial charge on any atom is -0.393 e. The molecule has 0 unspecified atom stereocenters. The fourth-order valence-corrected chi connectivity index (χ4v) is 2.37. The van der Waals surface area contributed by atoms with Crippen LogP contribution in [0.15, 0.2) is 53.3 Å². The molecule has 1 amide bonds. The Morgan fingerprint density at radius 1 is 1.04 bits per heavy atom. The first-order chi connectivity index (χ1) is 12.9. The monoisotopic (exact) mass is 434 g/mol. The van der Waals surface area contributed by atoms with Crippen LogP contribution in [0.25, 0.3) is 0 Å². The smallest absolute Gasteiger partial charge is 0.269 e. The average Bonchev–Trinajstić information content (AvgIpc) is 2.65. The number of nitrogens with zero attached hydrogens (tertiary/aromatic N) is 2. The first-order valence-electron chi connectivity index (χ1n) is 7.58. The van der Waals surface area contributed by atoms with E-state index in [0.29, 0.717) is 5.56 Å². The van der Waals surface area contributed by atoms with E-state index < -0.39 is 17.5 Å². The van der Waals surface area contributed by atoms with E-state index in [2.05, 4.69) is 42.1 Å². The highest BCUT2D eigenvalue weighted by molar-refractivity contribution is 9.10. The van der Waals surface area contributed by atoms with Gasteiger partial charge in [0.15, 0.2) is 11.6 Å². The van der Waals surface area contributed by atoms with Crippen molar-refractivity contribution in [2.75, 3.05) is 16.5 Å². The van der Waals surface area contributed by atoms with Gasteiger partial charge in [-0.25, -0.2) is 18.7 Å². The van der Waals surface area contributed by atoms with Gasteiger partial charge >= 0.3 is 0 Å². The van der Waals surface area contributed by atoms with Crippen molar-refractivity contribution < 1.29 is 13.6 Å². The van der Waals surface area contributed by atoms with Crippen molar-refractivity contribution in [3.05, 3.63) is 70.5 Å². The number of aromatic nitrogens is 2. The maximum Gasteiger partial charge on any atom is 0.269 e. The number of halogens is 3. The molecule has 3 aromatic rings. The molecule has 1 heterocycles. The predicted octanol–water partition coefficient (Wildman–Crippen LogP) is 3.60. The molecule has 0 radical (unpaired) electrons. The van der Waals surface area contributed by atoms with Crippen molar-refractivity contribution in [2.24, 2.45) is 0 Å². The molecule has 5 N–H and O–H groups in total. The number of amides is 1. The number of hydrogen-bond acceptors (Lipinski definition) is 6. The summed E-state index contributed by atoms with van der Waals surface area (Å²) in [6, 6.07) is 9.65. The number of carbonyl (C=O) groups is 1. The Morgan fingerprint density at radius 2 is 1.74 bits per heavy atom. The SMILES string of the molecule is Nc1c(NNC(=O)c2ccc(Br)cc2)ncnc1Nc1cc(F)ccc1F. The Balaban J connectivity index is 1.74. The molecule has 0 saturated carbocycles. The molecular formula is C17H13BrF2N6O. The molecule has 10 heteroatoms. The molecule has 0 aliphatic carbocycles. The maximum atomic E-state index is 13.8. The molecule has 0 aliphatic rings. The minimum atomic E-state index is -0.674. The number of nitrogen functional groups attached to an aromatic ring is 1. The van der Waals surface area contributed by atoms with Gasteiger partial charge in [0.05, 0.1) is 5.69 Å². The molecule has 1 aromatic heterocycles. The molecular weight excluding hydrogens is 422 g/mol. The zero-order chi connectivity index (χ0) is 19.4. The number of hydrogen-bond donors (Lipinski definition) is 4. The largest absolute Gasteiger partial charge is 0.393 e. The normalized spacial score (nSPS) is 10.3. The molecule has 3 rings (SSSR count). The Kier molecular flexibility index (Phi) is 5.46. The van der Waals surface area contributed by atoms with E-state index in [-0.39, 0.29) is 23.0 Å². The van der Waals surface area contributed by atoms with Crippen molar-refractivity contribution in [3.8, 4) is 0 Å². The van der Waals surface area contributed by atoms with Gasteiger partial charge in [-0.05, 0) is 36.4 Å². The lowest BCUT2D eigenvalue weighted by molar-refractivity contribution is 0.0962. The number of carbonyl (C=O) groups excluding carboxylic acids is 1. The van der Waals surface area contributed by atoms with Crippen LogP contribution in [0.3, 0.4) is 0 Å². The summed E-state index contributed by atoms with van der Waals surface area (Å²) in [7, 11) is 0. The molecule has 27 heavy (non-hydrogen) atoms. The van der Waals surface area contributed by atoms with E-state index in [4.69, 9.17) is 5.73 Å². The van der Waals surface area contributed by atoms with Crippen molar-refractivity contribution >= 4 is 44.8 Å². The van der Waals surface area contributed by atoms with Gasteiger partial charge in [0, 0.05) is 16.1 Å². The Bertz CT molecular complexity index is 984. The van der Waals surface area contributed by atoms with Gasteiger partial charge < -0.3 is 11.1 Å². The summed E-state index contributed by atoms with van der Waals surface area (Å²) in [6.07, 6.45) is 1.16. The Labute approximate surface area is 161 Å². The first kappa shape index (κ1) is 18.5. The highest BCUT2D eigenvalue weighted by Crippen LogP contribution is 2.27. The van der Waals surface area contributed by atoms with Crippen LogP contribution in [0.4, 0.5) is 31.8 Å². The number of nitrogens with two attached hydrogens (primary N) is 1. The van der Waals surface area contributed by atoms with Crippen molar-refractivity contribution in [1.82, 2.24) is 15.4 Å². The second-order valence-electron chi connectivity index (χ2n) is 5.32. The zero-order valence-electron chi connectivity index (χ0n) is 13.6. The summed E-state index contributed by atoms with van der Waals surface area (Å²) in [5, 5.41) is 2.60. The van der Waals surface area contributed by atoms with Crippen LogP contribution in [0.5, 0.6) is 0 Å². The molecule has 0 atom stereocenters. The summed E-state index contributed by atoms with van der Waals surface area (Å²) < 4.78 is 27.9. The van der Waals surface area contributed by atoms with Crippen molar-refractivity contribution in [1.29, 1.82) is 0 Å². The first-order valence-corrected chi connectivity index (χ1v) is 8.38. The second-order valence-corrected chi connectivity index (χ2v) is 6.24. The quantitative estimate of drug-likeness (QED) is 0.457. The minimum absolute atomic E-state index is 0.0114. The fourth-order valence-electron chi connectivity index (χ4n) is 2.11. The van der Waals surface area contributed by atoms with E-state index in [1.165, 1.54) is 0 Å². The third-order valence-electron chi connectivity index (χ3n) is 3.47. The summed E-state index contributed by atoms with van der Waals surface area (Å²) >= 11 is 3.29. The molecule has 138 valence electrons. The Hall–Kier alpha value is -3.27. The highest BCUT2D eigenvalue weighted by atomic mass is 79.9. The van der Waals surface area contributed by atoms with Gasteiger partial charge in [0.25, 0.3) is 5.91 Å². The lowest BCUT2D eigenvalue weighted by Crippen LogP contribution is -2.30. The van der Waals surface area contributed by atoms with Gasteiger partial charge in [-0.15, -0.1) is 0 Å². The van der Waals surface area contributed by atoms with Gasteiger partial charge in [-0.1, -0.05) is 15.9 Å². The van der Waals surface area contributed by atoms with Gasteiger partial charge in [0.1, 0.15) is 23.6 Å². The van der Waals surface area contributed by atoms with E-state index in [9.17, 15) is 13.6 Å². The molecule has 0 fully saturated rings. The van der Waals surface area contributed by atoms with Crippen LogP contribution in [0, 0.1) is 11.6 Å². The van der Waals surface area contributed by atoms with E-state index in [1.807, 2.05) is 0 Å². The third kappa shape index (κ3) is 4.47. The summed E-state index contributed by atoms with van der Waals surface area (Å²) in [6.45, 7) is 0.